The standard InChI is InChI=1S/C37H43FN6O7S2/c1-3-26-34(41-31-25(38)11-9-13-27(31)39-26)51-23-18-29-32(45)42-37(36(48)43-53(49,50)24-15-16-24)19-22(37)10-7-5-4-6-8-12-28(35(47)44(29)20-23)40-33(46)30-17-14-21(2)52-30/h7,9-11,13-14,17,22-24,28-29H,3-6,8,12,15-16,18-20H2,1-2H3,(H,40,46)(H,42,45)(H,43,48)/b10-7-/t22?,23-,28+,29+,37-/m1/s1. The van der Waals surface area contributed by atoms with Crippen LogP contribution in [0.1, 0.15) is 85.0 Å². The average Bonchev–Trinajstić information content (AvgIpc) is 4.01. The van der Waals surface area contributed by atoms with Gasteiger partial charge in [-0.2, -0.15) is 0 Å². The number of allylic oxidation sites excluding steroid dienone is 1. The summed E-state index contributed by atoms with van der Waals surface area (Å²) < 4.78 is 48.9. The van der Waals surface area contributed by atoms with Gasteiger partial charge >= 0.3 is 0 Å². The third kappa shape index (κ3) is 7.79. The Morgan fingerprint density at radius 3 is 2.66 bits per heavy atom. The number of sulfonamides is 1. The molecule has 2 aliphatic carbocycles. The van der Waals surface area contributed by atoms with E-state index < -0.39 is 74.4 Å². The molecule has 4 aliphatic rings. The van der Waals surface area contributed by atoms with Crippen LogP contribution in [0.25, 0.3) is 11.0 Å². The van der Waals surface area contributed by atoms with E-state index >= 15 is 0 Å². The molecule has 1 unspecified atom stereocenters. The Morgan fingerprint density at radius 2 is 1.92 bits per heavy atom. The van der Waals surface area contributed by atoms with Crippen molar-refractivity contribution < 1.29 is 36.7 Å². The number of amides is 4. The van der Waals surface area contributed by atoms with Crippen LogP contribution in [-0.2, 0) is 30.8 Å². The highest BCUT2D eigenvalue weighted by Crippen LogP contribution is 2.46. The minimum atomic E-state index is -3.90. The van der Waals surface area contributed by atoms with Crippen molar-refractivity contribution in [2.24, 2.45) is 5.92 Å². The van der Waals surface area contributed by atoms with Crippen molar-refractivity contribution in [2.45, 2.75) is 107 Å². The van der Waals surface area contributed by atoms with Crippen LogP contribution >= 0.6 is 11.3 Å². The predicted molar refractivity (Wildman–Crippen MR) is 195 cm³/mol. The molecule has 13 nitrogen and oxygen atoms in total. The molecule has 4 amide bonds. The number of nitrogens with zero attached hydrogens (tertiary/aromatic N) is 3. The number of hydrogen-bond acceptors (Lipinski definition) is 10. The Balaban J connectivity index is 1.21. The van der Waals surface area contributed by atoms with E-state index in [9.17, 15) is 32.0 Å². The second-order valence-corrected chi connectivity index (χ2v) is 17.6. The summed E-state index contributed by atoms with van der Waals surface area (Å²) in [7, 11) is -3.90. The third-order valence-electron chi connectivity index (χ3n) is 10.4. The Bertz CT molecular complexity index is 2090. The quantitative estimate of drug-likeness (QED) is 0.288. The molecule has 0 bridgehead atoms. The van der Waals surface area contributed by atoms with Gasteiger partial charge in [-0.25, -0.2) is 22.8 Å². The molecular weight excluding hydrogens is 724 g/mol. The topological polar surface area (TPSA) is 177 Å². The molecule has 2 aromatic heterocycles. The van der Waals surface area contributed by atoms with Crippen molar-refractivity contribution in [3.63, 3.8) is 0 Å². The number of fused-ring (bicyclic) bond motifs is 3. The maximum absolute atomic E-state index is 14.8. The Hall–Kier alpha value is -4.44. The summed E-state index contributed by atoms with van der Waals surface area (Å²) in [5.41, 5.74) is -0.664. The fraction of sp³-hybridized carbons (Fsp3) is 0.514. The molecule has 2 saturated carbocycles. The van der Waals surface area contributed by atoms with Gasteiger partial charge in [0.1, 0.15) is 34.9 Å². The summed E-state index contributed by atoms with van der Waals surface area (Å²) in [5.74, 6) is -3.28. The average molecular weight is 767 g/mol. The fourth-order valence-electron chi connectivity index (χ4n) is 7.18. The highest BCUT2D eigenvalue weighted by atomic mass is 32.2. The van der Waals surface area contributed by atoms with E-state index in [1.165, 1.54) is 22.3 Å². The number of rotatable bonds is 8. The van der Waals surface area contributed by atoms with Crippen LogP contribution < -0.4 is 20.1 Å². The summed E-state index contributed by atoms with van der Waals surface area (Å²) in [6.45, 7) is 3.67. The Labute approximate surface area is 311 Å². The third-order valence-corrected chi connectivity index (χ3v) is 13.2. The molecule has 3 aromatic rings. The van der Waals surface area contributed by atoms with Gasteiger partial charge in [-0.05, 0) is 76.1 Å². The largest absolute Gasteiger partial charge is 0.471 e. The van der Waals surface area contributed by atoms with Gasteiger partial charge in [-0.1, -0.05) is 38.0 Å². The fourth-order valence-corrected chi connectivity index (χ4v) is 9.31. The molecule has 0 radical (unpaired) electrons. The zero-order valence-corrected chi connectivity index (χ0v) is 31.2. The number of benzene rings is 1. The van der Waals surface area contributed by atoms with E-state index in [1.807, 2.05) is 32.1 Å². The van der Waals surface area contributed by atoms with Crippen molar-refractivity contribution in [1.82, 2.24) is 30.2 Å². The van der Waals surface area contributed by atoms with Crippen LogP contribution in [0.15, 0.2) is 42.5 Å². The van der Waals surface area contributed by atoms with E-state index in [0.717, 1.165) is 17.7 Å². The van der Waals surface area contributed by atoms with Crippen LogP contribution in [-0.4, -0.2) is 82.4 Å². The Morgan fingerprint density at radius 1 is 1.11 bits per heavy atom. The number of ether oxygens (including phenoxy) is 1. The lowest BCUT2D eigenvalue weighted by Gasteiger charge is -2.29. The van der Waals surface area contributed by atoms with E-state index in [-0.39, 0.29) is 30.8 Å². The zero-order chi connectivity index (χ0) is 37.5. The molecule has 1 saturated heterocycles. The van der Waals surface area contributed by atoms with E-state index in [4.69, 9.17) is 4.74 Å². The van der Waals surface area contributed by atoms with Crippen molar-refractivity contribution in [3.8, 4) is 5.88 Å². The first-order valence-electron chi connectivity index (χ1n) is 18.2. The molecule has 1 aromatic carbocycles. The van der Waals surface area contributed by atoms with Crippen LogP contribution in [0.2, 0.25) is 0 Å². The van der Waals surface area contributed by atoms with Gasteiger partial charge in [0.15, 0.2) is 5.82 Å². The van der Waals surface area contributed by atoms with Crippen LogP contribution in [0.5, 0.6) is 5.88 Å². The molecule has 0 spiro atoms. The number of aromatic nitrogens is 2. The summed E-state index contributed by atoms with van der Waals surface area (Å²) in [5, 5.41) is 5.13. The van der Waals surface area contributed by atoms with Gasteiger partial charge in [0.25, 0.3) is 11.8 Å². The second-order valence-electron chi connectivity index (χ2n) is 14.4. The number of hydrogen-bond donors (Lipinski definition) is 3. The molecule has 4 heterocycles. The molecule has 282 valence electrons. The van der Waals surface area contributed by atoms with Gasteiger partial charge in [0, 0.05) is 17.2 Å². The molecule has 3 fully saturated rings. The number of halogens is 1. The molecule has 5 atom stereocenters. The molecule has 3 N–H and O–H groups in total. The second kappa shape index (κ2) is 14.8. The summed E-state index contributed by atoms with van der Waals surface area (Å²) >= 11 is 1.31. The highest BCUT2D eigenvalue weighted by molar-refractivity contribution is 7.91. The lowest BCUT2D eigenvalue weighted by Crippen LogP contribution is -2.58. The molecule has 2 aliphatic heterocycles. The number of aryl methyl sites for hydroxylation is 2. The number of para-hydroxylation sites is 1. The first-order chi connectivity index (χ1) is 25.4. The summed E-state index contributed by atoms with van der Waals surface area (Å²) in [4.78, 5) is 67.7. The number of carbonyl (C=O) groups is 4. The predicted octanol–water partition coefficient (Wildman–Crippen LogP) is 3.85. The first-order valence-corrected chi connectivity index (χ1v) is 20.6. The number of nitrogens with one attached hydrogen (secondary N) is 3. The van der Waals surface area contributed by atoms with Crippen molar-refractivity contribution in [3.05, 3.63) is 63.7 Å². The van der Waals surface area contributed by atoms with Gasteiger partial charge in [0.2, 0.25) is 27.7 Å². The molecule has 7 rings (SSSR count). The van der Waals surface area contributed by atoms with Crippen molar-refractivity contribution in [2.75, 3.05) is 6.54 Å². The van der Waals surface area contributed by atoms with Crippen molar-refractivity contribution >= 4 is 56.0 Å². The van der Waals surface area contributed by atoms with Crippen molar-refractivity contribution in [1.29, 1.82) is 0 Å². The van der Waals surface area contributed by atoms with Gasteiger partial charge < -0.3 is 20.3 Å². The molecule has 53 heavy (non-hydrogen) atoms. The lowest BCUT2D eigenvalue weighted by atomic mass is 10.0. The number of carbonyl (C=O) groups excluding carboxylic acids is 4. The highest BCUT2D eigenvalue weighted by Gasteiger charge is 2.62. The zero-order valence-electron chi connectivity index (χ0n) is 29.6. The molecule has 16 heteroatoms. The SMILES string of the molecule is CCc1nc2cccc(F)c2nc1O[C@@H]1C[C@H]2C(=O)N[C@]3(C(=O)NS(=O)(=O)C4CC4)CC3/C=C\CCCCC[C@H](NC(=O)c3ccc(C)s3)C(=O)N2C1. The molecular formula is C37H43FN6O7S2. The van der Waals surface area contributed by atoms with Crippen LogP contribution in [0.4, 0.5) is 4.39 Å². The number of thiophene rings is 1. The maximum Gasteiger partial charge on any atom is 0.262 e. The van der Waals surface area contributed by atoms with Crippen LogP contribution in [0.3, 0.4) is 0 Å². The van der Waals surface area contributed by atoms with Gasteiger partial charge in [-0.15, -0.1) is 11.3 Å². The maximum atomic E-state index is 14.8. The lowest BCUT2D eigenvalue weighted by molar-refractivity contribution is -0.141. The monoisotopic (exact) mass is 766 g/mol. The minimum Gasteiger partial charge on any atom is -0.471 e. The van der Waals surface area contributed by atoms with E-state index in [2.05, 4.69) is 25.3 Å². The van der Waals surface area contributed by atoms with Crippen LogP contribution in [0, 0.1) is 18.7 Å². The Kier molecular flexibility index (Phi) is 10.3. The smallest absolute Gasteiger partial charge is 0.262 e. The normalized spacial score (nSPS) is 27.1. The summed E-state index contributed by atoms with van der Waals surface area (Å²) in [6.07, 6.45) is 7.73. The summed E-state index contributed by atoms with van der Waals surface area (Å²) in [6, 6.07) is 5.89. The van der Waals surface area contributed by atoms with E-state index in [0.29, 0.717) is 54.6 Å². The first kappa shape index (κ1) is 36.9. The van der Waals surface area contributed by atoms with Gasteiger partial charge in [0.05, 0.1) is 22.2 Å². The van der Waals surface area contributed by atoms with Gasteiger partial charge in [-0.3, -0.25) is 23.9 Å². The van der Waals surface area contributed by atoms with E-state index in [1.54, 1.807) is 18.2 Å². The minimum absolute atomic E-state index is 0.0128.